The van der Waals surface area contributed by atoms with Gasteiger partial charge < -0.3 is 5.11 Å². The fourth-order valence-corrected chi connectivity index (χ4v) is 2.08. The van der Waals surface area contributed by atoms with E-state index >= 15 is 0 Å². The number of halogens is 1. The Morgan fingerprint density at radius 2 is 2.17 bits per heavy atom. The fraction of sp³-hybridized carbons (Fsp3) is 0.333. The molecule has 3 heteroatoms. The summed E-state index contributed by atoms with van der Waals surface area (Å²) in [6.07, 6.45) is 1.61. The first-order chi connectivity index (χ1) is 5.65. The van der Waals surface area contributed by atoms with Gasteiger partial charge in [0.05, 0.1) is 6.10 Å². The number of hydrogen-bond donors (Lipinski definition) is 1. The molecular weight excluding hydrogens is 236 g/mol. The molecule has 1 atom stereocenters. The van der Waals surface area contributed by atoms with Crippen LogP contribution in [0.2, 0.25) is 0 Å². The summed E-state index contributed by atoms with van der Waals surface area (Å²) < 4.78 is 1.01. The van der Waals surface area contributed by atoms with E-state index in [1.54, 1.807) is 18.7 Å². The largest absolute Gasteiger partial charge is 0.389 e. The lowest BCUT2D eigenvalue weighted by atomic mass is 10.1. The summed E-state index contributed by atoms with van der Waals surface area (Å²) in [5.74, 6) is 0. The van der Waals surface area contributed by atoms with Crippen molar-refractivity contribution >= 4 is 27.7 Å². The van der Waals surface area contributed by atoms with Gasteiger partial charge in [-0.15, -0.1) is 11.8 Å². The van der Waals surface area contributed by atoms with E-state index in [2.05, 4.69) is 15.9 Å². The van der Waals surface area contributed by atoms with E-state index in [0.717, 1.165) is 14.9 Å². The van der Waals surface area contributed by atoms with Gasteiger partial charge in [-0.2, -0.15) is 0 Å². The second-order valence-electron chi connectivity index (χ2n) is 2.56. The highest BCUT2D eigenvalue weighted by molar-refractivity contribution is 9.10. The molecule has 1 unspecified atom stereocenters. The minimum Gasteiger partial charge on any atom is -0.389 e. The number of benzene rings is 1. The predicted molar refractivity (Wildman–Crippen MR) is 56.6 cm³/mol. The SMILES string of the molecule is CSc1ccc(Br)cc1C(C)O. The van der Waals surface area contributed by atoms with Crippen molar-refractivity contribution in [1.29, 1.82) is 0 Å². The summed E-state index contributed by atoms with van der Waals surface area (Å²) in [6.45, 7) is 1.78. The normalized spacial score (nSPS) is 13.0. The molecule has 0 heterocycles. The number of hydrogen-bond acceptors (Lipinski definition) is 2. The summed E-state index contributed by atoms with van der Waals surface area (Å²) in [7, 11) is 0. The molecule has 0 saturated carbocycles. The molecule has 1 nitrogen and oxygen atoms in total. The first-order valence-electron chi connectivity index (χ1n) is 3.66. The average Bonchev–Trinajstić information content (AvgIpc) is 2.04. The van der Waals surface area contributed by atoms with E-state index in [9.17, 15) is 5.11 Å². The first-order valence-corrected chi connectivity index (χ1v) is 5.68. The summed E-state index contributed by atoms with van der Waals surface area (Å²) in [6, 6.07) is 5.95. The molecule has 1 aromatic rings. The molecule has 0 aliphatic heterocycles. The van der Waals surface area contributed by atoms with Gasteiger partial charge in [0, 0.05) is 9.37 Å². The Morgan fingerprint density at radius 3 is 2.67 bits per heavy atom. The van der Waals surface area contributed by atoms with Crippen molar-refractivity contribution < 1.29 is 5.11 Å². The molecule has 0 aromatic heterocycles. The van der Waals surface area contributed by atoms with Crippen LogP contribution in [0.5, 0.6) is 0 Å². The fourth-order valence-electron chi connectivity index (χ4n) is 1.03. The number of thioether (sulfide) groups is 1. The maximum Gasteiger partial charge on any atom is 0.0773 e. The number of aliphatic hydroxyl groups excluding tert-OH is 1. The second-order valence-corrected chi connectivity index (χ2v) is 4.33. The lowest BCUT2D eigenvalue weighted by molar-refractivity contribution is 0.196. The lowest BCUT2D eigenvalue weighted by Gasteiger charge is -2.09. The molecule has 0 spiro atoms. The van der Waals surface area contributed by atoms with Crippen molar-refractivity contribution in [3.63, 3.8) is 0 Å². The van der Waals surface area contributed by atoms with Gasteiger partial charge in [-0.3, -0.25) is 0 Å². The van der Waals surface area contributed by atoms with Crippen LogP contribution in [0.15, 0.2) is 27.6 Å². The van der Waals surface area contributed by atoms with E-state index in [-0.39, 0.29) is 0 Å². The zero-order valence-electron chi connectivity index (χ0n) is 7.04. The van der Waals surface area contributed by atoms with E-state index in [1.807, 2.05) is 24.5 Å². The van der Waals surface area contributed by atoms with Crippen molar-refractivity contribution in [2.45, 2.75) is 17.9 Å². The molecule has 0 radical (unpaired) electrons. The molecular formula is C9H11BrOS. The van der Waals surface area contributed by atoms with Crippen LogP contribution in [0.25, 0.3) is 0 Å². The van der Waals surface area contributed by atoms with Crippen LogP contribution >= 0.6 is 27.7 Å². The summed E-state index contributed by atoms with van der Waals surface area (Å²) in [5.41, 5.74) is 0.983. The van der Waals surface area contributed by atoms with Gasteiger partial charge in [0.1, 0.15) is 0 Å². The first kappa shape index (κ1) is 10.1. The van der Waals surface area contributed by atoms with Gasteiger partial charge >= 0.3 is 0 Å². The highest BCUT2D eigenvalue weighted by Gasteiger charge is 2.06. The topological polar surface area (TPSA) is 20.2 Å². The molecule has 1 rings (SSSR count). The molecule has 0 aliphatic carbocycles. The number of aliphatic hydroxyl groups is 1. The minimum atomic E-state index is -0.398. The second kappa shape index (κ2) is 4.30. The maximum atomic E-state index is 9.43. The zero-order chi connectivity index (χ0) is 9.14. The smallest absolute Gasteiger partial charge is 0.0773 e. The average molecular weight is 247 g/mol. The van der Waals surface area contributed by atoms with Gasteiger partial charge in [0.25, 0.3) is 0 Å². The van der Waals surface area contributed by atoms with Crippen molar-refractivity contribution in [2.24, 2.45) is 0 Å². The van der Waals surface area contributed by atoms with Gasteiger partial charge in [-0.1, -0.05) is 15.9 Å². The Bertz CT molecular complexity index is 273. The lowest BCUT2D eigenvalue weighted by Crippen LogP contribution is -1.93. The van der Waals surface area contributed by atoms with Crippen molar-refractivity contribution in [3.8, 4) is 0 Å². The molecule has 0 fully saturated rings. The Labute approximate surface area is 85.3 Å². The Hall–Kier alpha value is 0.01000. The van der Waals surface area contributed by atoms with Crippen LogP contribution in [-0.4, -0.2) is 11.4 Å². The molecule has 0 saturated heterocycles. The van der Waals surface area contributed by atoms with E-state index in [0.29, 0.717) is 0 Å². The Kier molecular flexibility index (Phi) is 3.62. The van der Waals surface area contributed by atoms with Gasteiger partial charge in [-0.05, 0) is 36.9 Å². The molecule has 1 aromatic carbocycles. The monoisotopic (exact) mass is 246 g/mol. The van der Waals surface area contributed by atoms with Crippen LogP contribution in [0.1, 0.15) is 18.6 Å². The van der Waals surface area contributed by atoms with Crippen molar-refractivity contribution in [2.75, 3.05) is 6.26 Å². The van der Waals surface area contributed by atoms with Gasteiger partial charge in [0.2, 0.25) is 0 Å². The van der Waals surface area contributed by atoms with Gasteiger partial charge in [0.15, 0.2) is 0 Å². The van der Waals surface area contributed by atoms with Crippen LogP contribution < -0.4 is 0 Å². The molecule has 12 heavy (non-hydrogen) atoms. The van der Waals surface area contributed by atoms with Crippen molar-refractivity contribution in [1.82, 2.24) is 0 Å². The predicted octanol–water partition coefficient (Wildman–Crippen LogP) is 3.22. The highest BCUT2D eigenvalue weighted by Crippen LogP contribution is 2.28. The quantitative estimate of drug-likeness (QED) is 0.809. The number of rotatable bonds is 2. The Balaban J connectivity index is 3.12. The third-order valence-electron chi connectivity index (χ3n) is 1.64. The van der Waals surface area contributed by atoms with Crippen LogP contribution in [0, 0.1) is 0 Å². The van der Waals surface area contributed by atoms with Crippen LogP contribution in [-0.2, 0) is 0 Å². The highest BCUT2D eigenvalue weighted by atomic mass is 79.9. The molecule has 1 N–H and O–H groups in total. The van der Waals surface area contributed by atoms with Gasteiger partial charge in [-0.25, -0.2) is 0 Å². The third-order valence-corrected chi connectivity index (χ3v) is 2.95. The third kappa shape index (κ3) is 2.25. The summed E-state index contributed by atoms with van der Waals surface area (Å²) in [5, 5.41) is 9.43. The molecule has 0 amide bonds. The van der Waals surface area contributed by atoms with E-state index < -0.39 is 6.10 Å². The minimum absolute atomic E-state index is 0.398. The maximum absolute atomic E-state index is 9.43. The molecule has 66 valence electrons. The Morgan fingerprint density at radius 1 is 1.50 bits per heavy atom. The van der Waals surface area contributed by atoms with Crippen LogP contribution in [0.4, 0.5) is 0 Å². The van der Waals surface area contributed by atoms with E-state index in [4.69, 9.17) is 0 Å². The zero-order valence-corrected chi connectivity index (χ0v) is 9.45. The van der Waals surface area contributed by atoms with E-state index in [1.165, 1.54) is 0 Å². The van der Waals surface area contributed by atoms with Crippen molar-refractivity contribution in [3.05, 3.63) is 28.2 Å². The van der Waals surface area contributed by atoms with Crippen LogP contribution in [0.3, 0.4) is 0 Å². The molecule has 0 aliphatic rings. The molecule has 0 bridgehead atoms. The standard InChI is InChI=1S/C9H11BrOS/c1-6(11)8-5-7(10)3-4-9(8)12-2/h3-6,11H,1-2H3. The summed E-state index contributed by atoms with van der Waals surface area (Å²) in [4.78, 5) is 1.13. The summed E-state index contributed by atoms with van der Waals surface area (Å²) >= 11 is 5.03.